The third-order valence-corrected chi connectivity index (χ3v) is 2.87. The Kier molecular flexibility index (Phi) is 3.25. The highest BCUT2D eigenvalue weighted by Crippen LogP contribution is 2.24. The number of benzene rings is 1. The van der Waals surface area contributed by atoms with Crippen LogP contribution in [0.4, 0.5) is 0 Å². The second-order valence-electron chi connectivity index (χ2n) is 4.53. The van der Waals surface area contributed by atoms with Crippen molar-refractivity contribution < 1.29 is 5.11 Å². The minimum absolute atomic E-state index is 0.644. The molecule has 1 aromatic heterocycles. The molecule has 2 nitrogen and oxygen atoms in total. The lowest BCUT2D eigenvalue weighted by Gasteiger charge is -2.14. The van der Waals surface area contributed by atoms with Crippen molar-refractivity contribution in [2.75, 3.05) is 0 Å². The molecule has 1 unspecified atom stereocenters. The number of hydrogen-bond donors (Lipinski definition) is 1. The van der Waals surface area contributed by atoms with E-state index in [1.807, 2.05) is 45.0 Å². The Morgan fingerprint density at radius 1 is 1.06 bits per heavy atom. The van der Waals surface area contributed by atoms with Gasteiger partial charge < -0.3 is 5.11 Å². The first kappa shape index (κ1) is 11.8. The van der Waals surface area contributed by atoms with Gasteiger partial charge in [-0.1, -0.05) is 35.4 Å². The van der Waals surface area contributed by atoms with Crippen LogP contribution in [0, 0.1) is 20.8 Å². The third-order valence-electron chi connectivity index (χ3n) is 2.87. The number of aryl methyl sites for hydroxylation is 3. The molecule has 2 heteroatoms. The van der Waals surface area contributed by atoms with E-state index < -0.39 is 6.10 Å². The van der Waals surface area contributed by atoms with Crippen molar-refractivity contribution in [1.29, 1.82) is 0 Å². The van der Waals surface area contributed by atoms with Gasteiger partial charge in [0.05, 0.1) is 5.69 Å². The molecule has 88 valence electrons. The van der Waals surface area contributed by atoms with Crippen molar-refractivity contribution in [3.63, 3.8) is 0 Å². The topological polar surface area (TPSA) is 33.1 Å². The molecule has 17 heavy (non-hydrogen) atoms. The zero-order chi connectivity index (χ0) is 12.4. The monoisotopic (exact) mass is 227 g/mol. The predicted molar refractivity (Wildman–Crippen MR) is 69.0 cm³/mol. The molecule has 1 atom stereocenters. The van der Waals surface area contributed by atoms with E-state index in [1.54, 1.807) is 6.20 Å². The van der Waals surface area contributed by atoms with Gasteiger partial charge in [-0.3, -0.25) is 4.98 Å². The standard InChI is InChI=1S/C15H17NO/c1-10-7-11(2)9-13(8-10)15(17)14-12(3)5-4-6-16-14/h4-9,15,17H,1-3H3. The summed E-state index contributed by atoms with van der Waals surface area (Å²) in [6.45, 7) is 6.04. The lowest BCUT2D eigenvalue weighted by Crippen LogP contribution is -2.05. The Bertz CT molecular complexity index is 514. The molecule has 0 radical (unpaired) electrons. The number of aliphatic hydroxyl groups excluding tert-OH is 1. The van der Waals surface area contributed by atoms with E-state index in [1.165, 1.54) is 0 Å². The Labute approximate surface area is 102 Å². The van der Waals surface area contributed by atoms with Gasteiger partial charge in [-0.25, -0.2) is 0 Å². The van der Waals surface area contributed by atoms with E-state index in [-0.39, 0.29) is 0 Å². The summed E-state index contributed by atoms with van der Waals surface area (Å²) in [5.74, 6) is 0. The average Bonchev–Trinajstić information content (AvgIpc) is 2.27. The van der Waals surface area contributed by atoms with E-state index in [0.717, 1.165) is 27.9 Å². The van der Waals surface area contributed by atoms with Crippen molar-refractivity contribution in [1.82, 2.24) is 4.98 Å². The van der Waals surface area contributed by atoms with Gasteiger partial charge in [-0.2, -0.15) is 0 Å². The molecule has 0 saturated heterocycles. The van der Waals surface area contributed by atoms with Crippen LogP contribution in [0.5, 0.6) is 0 Å². The molecule has 0 fully saturated rings. The van der Waals surface area contributed by atoms with Gasteiger partial charge in [0.2, 0.25) is 0 Å². The molecular weight excluding hydrogens is 210 g/mol. The SMILES string of the molecule is Cc1cc(C)cc(C(O)c2ncccc2C)c1. The Morgan fingerprint density at radius 2 is 1.71 bits per heavy atom. The Morgan fingerprint density at radius 3 is 2.29 bits per heavy atom. The van der Waals surface area contributed by atoms with Gasteiger partial charge in [-0.05, 0) is 38.0 Å². The molecule has 2 aromatic rings. The summed E-state index contributed by atoms with van der Waals surface area (Å²) in [6, 6.07) is 9.96. The fourth-order valence-electron chi connectivity index (χ4n) is 2.11. The summed E-state index contributed by atoms with van der Waals surface area (Å²) in [5.41, 5.74) is 4.97. The van der Waals surface area contributed by atoms with Gasteiger partial charge in [0.1, 0.15) is 6.10 Å². The molecule has 1 heterocycles. The molecule has 0 saturated carbocycles. The molecular formula is C15H17NO. The summed E-state index contributed by atoms with van der Waals surface area (Å²) >= 11 is 0. The van der Waals surface area contributed by atoms with Crippen molar-refractivity contribution in [2.24, 2.45) is 0 Å². The van der Waals surface area contributed by atoms with Crippen LogP contribution >= 0.6 is 0 Å². The summed E-state index contributed by atoms with van der Waals surface area (Å²) in [7, 11) is 0. The maximum absolute atomic E-state index is 10.4. The molecule has 1 N–H and O–H groups in total. The highest BCUT2D eigenvalue weighted by atomic mass is 16.3. The lowest BCUT2D eigenvalue weighted by atomic mass is 9.99. The third kappa shape index (κ3) is 2.53. The quantitative estimate of drug-likeness (QED) is 0.855. The van der Waals surface area contributed by atoms with Gasteiger partial charge >= 0.3 is 0 Å². The van der Waals surface area contributed by atoms with E-state index in [0.29, 0.717) is 0 Å². The summed E-state index contributed by atoms with van der Waals surface area (Å²) < 4.78 is 0. The van der Waals surface area contributed by atoms with Crippen LogP contribution in [-0.4, -0.2) is 10.1 Å². The number of nitrogens with zero attached hydrogens (tertiary/aromatic N) is 1. The van der Waals surface area contributed by atoms with Crippen LogP contribution in [0.2, 0.25) is 0 Å². The fraction of sp³-hybridized carbons (Fsp3) is 0.267. The number of aliphatic hydroxyl groups is 1. The minimum Gasteiger partial charge on any atom is -0.382 e. The van der Waals surface area contributed by atoms with E-state index in [9.17, 15) is 5.11 Å². The normalized spacial score (nSPS) is 12.5. The molecule has 0 aliphatic carbocycles. The zero-order valence-electron chi connectivity index (χ0n) is 10.4. The summed E-state index contributed by atoms with van der Waals surface area (Å²) in [4.78, 5) is 4.26. The first-order valence-electron chi connectivity index (χ1n) is 5.75. The fourth-order valence-corrected chi connectivity index (χ4v) is 2.11. The molecule has 0 aliphatic rings. The van der Waals surface area contributed by atoms with Crippen LogP contribution in [0.25, 0.3) is 0 Å². The molecule has 0 bridgehead atoms. The van der Waals surface area contributed by atoms with Gasteiger partial charge in [0, 0.05) is 6.20 Å². The van der Waals surface area contributed by atoms with Crippen LogP contribution in [0.15, 0.2) is 36.5 Å². The van der Waals surface area contributed by atoms with Crippen LogP contribution in [0.3, 0.4) is 0 Å². The predicted octanol–water partition coefficient (Wildman–Crippen LogP) is 3.09. The average molecular weight is 227 g/mol. The Balaban J connectivity index is 2.43. The molecule has 0 aliphatic heterocycles. The maximum atomic E-state index is 10.4. The smallest absolute Gasteiger partial charge is 0.121 e. The molecule has 0 spiro atoms. The molecule has 1 aromatic carbocycles. The minimum atomic E-state index is -0.644. The number of rotatable bonds is 2. The van der Waals surface area contributed by atoms with Crippen LogP contribution in [-0.2, 0) is 0 Å². The van der Waals surface area contributed by atoms with Gasteiger partial charge in [-0.15, -0.1) is 0 Å². The van der Waals surface area contributed by atoms with Gasteiger partial charge in [0.25, 0.3) is 0 Å². The second-order valence-corrected chi connectivity index (χ2v) is 4.53. The van der Waals surface area contributed by atoms with Crippen LogP contribution in [0.1, 0.15) is 34.1 Å². The highest BCUT2D eigenvalue weighted by Gasteiger charge is 2.14. The highest BCUT2D eigenvalue weighted by molar-refractivity contribution is 5.35. The van der Waals surface area contributed by atoms with E-state index in [2.05, 4.69) is 11.1 Å². The van der Waals surface area contributed by atoms with Crippen molar-refractivity contribution in [3.05, 3.63) is 64.5 Å². The first-order chi connectivity index (χ1) is 8.08. The summed E-state index contributed by atoms with van der Waals surface area (Å²) in [6.07, 6.45) is 1.07. The maximum Gasteiger partial charge on any atom is 0.121 e. The zero-order valence-corrected chi connectivity index (χ0v) is 10.4. The molecule has 2 rings (SSSR count). The molecule has 0 amide bonds. The van der Waals surface area contributed by atoms with Gasteiger partial charge in [0.15, 0.2) is 0 Å². The Hall–Kier alpha value is -1.67. The number of pyridine rings is 1. The number of aromatic nitrogens is 1. The van der Waals surface area contributed by atoms with Crippen molar-refractivity contribution >= 4 is 0 Å². The largest absolute Gasteiger partial charge is 0.382 e. The van der Waals surface area contributed by atoms with Crippen LogP contribution < -0.4 is 0 Å². The van der Waals surface area contributed by atoms with Crippen molar-refractivity contribution in [2.45, 2.75) is 26.9 Å². The van der Waals surface area contributed by atoms with E-state index >= 15 is 0 Å². The summed E-state index contributed by atoms with van der Waals surface area (Å²) in [5, 5.41) is 10.4. The van der Waals surface area contributed by atoms with Crippen molar-refractivity contribution in [3.8, 4) is 0 Å². The lowest BCUT2D eigenvalue weighted by molar-refractivity contribution is 0.214. The first-order valence-corrected chi connectivity index (χ1v) is 5.75. The second kappa shape index (κ2) is 4.68. The number of hydrogen-bond acceptors (Lipinski definition) is 2. The van der Waals surface area contributed by atoms with E-state index in [4.69, 9.17) is 0 Å².